The molecule has 4 aliphatic rings. The molecule has 0 unspecified atom stereocenters. The molecule has 1 atom stereocenters. The van der Waals surface area contributed by atoms with Crippen molar-refractivity contribution in [1.29, 1.82) is 0 Å². The Labute approximate surface area is 315 Å². The summed E-state index contributed by atoms with van der Waals surface area (Å²) >= 11 is 0. The fourth-order valence-corrected chi connectivity index (χ4v) is 15.0. The molecular weight excluding hydrogens is 782 g/mol. The summed E-state index contributed by atoms with van der Waals surface area (Å²) in [6.45, 7) is 1.46. The molecule has 0 aromatic heterocycles. The number of hydrogen-bond acceptors (Lipinski definition) is 0. The van der Waals surface area contributed by atoms with Crippen LogP contribution in [-0.4, -0.2) is 17.0 Å². The molecule has 0 saturated heterocycles. The monoisotopic (exact) mass is 821 g/mol. The molecule has 0 heterocycles. The molecule has 4 aliphatic carbocycles. The van der Waals surface area contributed by atoms with Crippen LogP contribution in [0.5, 0.6) is 0 Å². The molecule has 6 rings (SSSR count). The first-order valence-corrected chi connectivity index (χ1v) is 21.1. The molecule has 2 saturated carbocycles. The van der Waals surface area contributed by atoms with Gasteiger partial charge in [-0.1, -0.05) is 74.8 Å². The van der Waals surface area contributed by atoms with E-state index in [4.69, 9.17) is 0 Å². The lowest BCUT2D eigenvalue weighted by Crippen LogP contribution is -2.27. The van der Waals surface area contributed by atoms with E-state index in [1.807, 2.05) is 18.2 Å². The van der Waals surface area contributed by atoms with Crippen LogP contribution >= 0.6 is 15.8 Å². The second kappa shape index (κ2) is 16.1. The van der Waals surface area contributed by atoms with Crippen LogP contribution in [0.1, 0.15) is 93.4 Å². The molecule has 0 nitrogen and oxygen atoms in total. The standard InChI is InChI=1S/C41H39F12P2/c1-25(34-16-10-17-35(34)36-15-8-9-18-37(36)55(30-11-4-2-5-12-30)31-13-6-3-7-14-31)54(32-21-26(38(42,43)44)19-27(22-32)39(45,46)47)33-23-28(40(48,49)50)20-29(24-33)41(51,52)53/h8-10,15-25,30-31H,2-7,11-14H2,1H3/q-1/b36-35+/t25-/m0/s1. The van der Waals surface area contributed by atoms with Crippen LogP contribution in [0, 0.1) is 5.66 Å². The van der Waals surface area contributed by atoms with Gasteiger partial charge in [0.25, 0.3) is 0 Å². The van der Waals surface area contributed by atoms with E-state index in [2.05, 4.69) is 6.08 Å². The van der Waals surface area contributed by atoms with E-state index in [1.54, 1.807) is 18.2 Å². The minimum atomic E-state index is -5.30. The van der Waals surface area contributed by atoms with Gasteiger partial charge in [-0.05, 0) is 91.9 Å². The van der Waals surface area contributed by atoms with Gasteiger partial charge in [0.05, 0.1) is 22.3 Å². The number of halogens is 12. The van der Waals surface area contributed by atoms with Gasteiger partial charge in [-0.25, -0.2) is 0 Å². The van der Waals surface area contributed by atoms with Crippen LogP contribution in [0.2, 0.25) is 0 Å². The molecule has 0 amide bonds. The zero-order valence-electron chi connectivity index (χ0n) is 29.7. The molecule has 2 aromatic rings. The molecule has 2 fully saturated rings. The van der Waals surface area contributed by atoms with Crippen LogP contribution in [-0.2, 0) is 24.7 Å². The fourth-order valence-electron chi connectivity index (χ4n) is 8.27. The Morgan fingerprint density at radius 3 is 1.36 bits per heavy atom. The molecule has 0 aliphatic heterocycles. The second-order valence-corrected chi connectivity index (χ2v) is 19.8. The van der Waals surface area contributed by atoms with E-state index in [0.29, 0.717) is 46.7 Å². The zero-order chi connectivity index (χ0) is 39.9. The van der Waals surface area contributed by atoms with Gasteiger partial charge in [-0.2, -0.15) is 52.7 Å². The molecule has 0 N–H and O–H groups in total. The van der Waals surface area contributed by atoms with Gasteiger partial charge in [-0.15, -0.1) is 43.5 Å². The normalized spacial score (nSPS) is 21.3. The topological polar surface area (TPSA) is 0 Å². The third kappa shape index (κ3) is 9.43. The summed E-state index contributed by atoms with van der Waals surface area (Å²) in [6, 6.07) is 1.50. The first-order valence-electron chi connectivity index (χ1n) is 18.2. The first kappa shape index (κ1) is 41.7. The Kier molecular flexibility index (Phi) is 12.2. The lowest BCUT2D eigenvalue weighted by Gasteiger charge is -2.47. The van der Waals surface area contributed by atoms with Crippen molar-refractivity contribution in [1.82, 2.24) is 0 Å². The molecule has 0 spiro atoms. The van der Waals surface area contributed by atoms with Crippen LogP contribution in [0.25, 0.3) is 0 Å². The average Bonchev–Trinajstić information content (AvgIpc) is 3.61. The van der Waals surface area contributed by atoms with Gasteiger partial charge in [0, 0.05) is 5.66 Å². The van der Waals surface area contributed by atoms with Gasteiger partial charge in [0.15, 0.2) is 0 Å². The molecule has 298 valence electrons. The summed E-state index contributed by atoms with van der Waals surface area (Å²) in [5.74, 6) is 0. The molecule has 55 heavy (non-hydrogen) atoms. The second-order valence-electron chi connectivity index (χ2n) is 14.5. The van der Waals surface area contributed by atoms with Crippen molar-refractivity contribution in [3.05, 3.63) is 124 Å². The fraction of sp³-hybridized carbons (Fsp3) is 0.439. The molecule has 14 heteroatoms. The summed E-state index contributed by atoms with van der Waals surface area (Å²) < 4.78 is 170. The van der Waals surface area contributed by atoms with Gasteiger partial charge in [0.1, 0.15) is 0 Å². The van der Waals surface area contributed by atoms with E-state index < -0.39 is 79.1 Å². The van der Waals surface area contributed by atoms with Crippen molar-refractivity contribution in [2.24, 2.45) is 0 Å². The third-order valence-electron chi connectivity index (χ3n) is 10.8. The predicted octanol–water partition coefficient (Wildman–Crippen LogP) is 14.2. The van der Waals surface area contributed by atoms with Gasteiger partial charge in [0.2, 0.25) is 0 Å². The van der Waals surface area contributed by atoms with Crippen LogP contribution in [0.3, 0.4) is 0 Å². The van der Waals surface area contributed by atoms with Gasteiger partial charge < -0.3 is 0 Å². The predicted molar refractivity (Wildman–Crippen MR) is 195 cm³/mol. The summed E-state index contributed by atoms with van der Waals surface area (Å²) in [4.78, 5) is 0. The van der Waals surface area contributed by atoms with Crippen LogP contribution in [0.15, 0.2) is 95.6 Å². The van der Waals surface area contributed by atoms with E-state index >= 15 is 0 Å². The third-order valence-corrected chi connectivity index (χ3v) is 17.0. The highest BCUT2D eigenvalue weighted by Crippen LogP contribution is 2.66. The SMILES string of the molecule is C[C@@H](C1=CC=C/C1=C1/C=CC=C[C-]1P(C1CCCCC1)C1CCCCC1)P(c1cc(C(F)(F)F)cc(C(F)(F)F)c1)c1cc(C(F)(F)F)cc(C(F)(F)F)c1. The van der Waals surface area contributed by atoms with E-state index in [0.717, 1.165) is 75.4 Å². The average molecular weight is 822 g/mol. The Hall–Kier alpha value is -2.97. The summed E-state index contributed by atoms with van der Waals surface area (Å²) in [7, 11) is -3.48. The number of hydrogen-bond donors (Lipinski definition) is 0. The smallest absolute Gasteiger partial charge is 0.166 e. The highest BCUT2D eigenvalue weighted by atomic mass is 31.1. The quantitative estimate of drug-likeness (QED) is 0.148. The van der Waals surface area contributed by atoms with E-state index in [9.17, 15) is 52.7 Å². The zero-order valence-corrected chi connectivity index (χ0v) is 31.5. The van der Waals surface area contributed by atoms with Gasteiger partial charge in [-0.3, -0.25) is 0 Å². The number of rotatable bonds is 7. The van der Waals surface area contributed by atoms with Crippen LogP contribution < -0.4 is 10.6 Å². The molecular formula is C41H39F12P2-. The highest BCUT2D eigenvalue weighted by Gasteiger charge is 2.42. The van der Waals surface area contributed by atoms with E-state index in [-0.39, 0.29) is 12.1 Å². The number of benzene rings is 2. The lowest BCUT2D eigenvalue weighted by atomic mass is 9.95. The minimum absolute atomic E-state index is 0.0992. The van der Waals surface area contributed by atoms with Gasteiger partial charge >= 0.3 is 24.7 Å². The Balaban J connectivity index is 1.55. The molecule has 2 aromatic carbocycles. The summed E-state index contributed by atoms with van der Waals surface area (Å²) in [6.07, 6.45) is 2.64. The Morgan fingerprint density at radius 1 is 0.545 bits per heavy atom. The van der Waals surface area contributed by atoms with Crippen molar-refractivity contribution in [3.8, 4) is 0 Å². The maximum atomic E-state index is 14.2. The van der Waals surface area contributed by atoms with Crippen molar-refractivity contribution in [2.75, 3.05) is 0 Å². The first-order chi connectivity index (χ1) is 25.7. The summed E-state index contributed by atoms with van der Waals surface area (Å²) in [5, 5.41) is -1.30. The highest BCUT2D eigenvalue weighted by molar-refractivity contribution is 7.73. The largest absolute Gasteiger partial charge is 0.416 e. The maximum Gasteiger partial charge on any atom is 0.416 e. The minimum Gasteiger partial charge on any atom is -0.166 e. The van der Waals surface area contributed by atoms with Crippen LogP contribution in [0.4, 0.5) is 52.7 Å². The number of allylic oxidation sites excluding steroid dienone is 10. The Morgan fingerprint density at radius 2 is 0.964 bits per heavy atom. The molecule has 0 radical (unpaired) electrons. The lowest BCUT2D eigenvalue weighted by molar-refractivity contribution is -0.144. The van der Waals surface area contributed by atoms with E-state index in [1.165, 1.54) is 6.92 Å². The van der Waals surface area contributed by atoms with Crippen molar-refractivity contribution in [3.63, 3.8) is 0 Å². The van der Waals surface area contributed by atoms with Crippen molar-refractivity contribution < 1.29 is 52.7 Å². The molecule has 0 bridgehead atoms. The van der Waals surface area contributed by atoms with Crippen molar-refractivity contribution in [2.45, 2.75) is 113 Å². The number of alkyl halides is 12. The summed E-state index contributed by atoms with van der Waals surface area (Å²) in [5.41, 5.74) is -4.08. The van der Waals surface area contributed by atoms with Crippen molar-refractivity contribution >= 4 is 26.5 Å². The Bertz CT molecular complexity index is 1700. The maximum absolute atomic E-state index is 14.2.